The Morgan fingerprint density at radius 1 is 1.35 bits per heavy atom. The third kappa shape index (κ3) is 2.50. The molecule has 20 heavy (non-hydrogen) atoms. The molecule has 0 aliphatic carbocycles. The first kappa shape index (κ1) is 12.7. The van der Waals surface area contributed by atoms with Crippen molar-refractivity contribution in [3.05, 3.63) is 59.4 Å². The molecule has 1 aliphatic heterocycles. The van der Waals surface area contributed by atoms with Crippen LogP contribution in [-0.4, -0.2) is 17.4 Å². The second-order valence-corrected chi connectivity index (χ2v) is 5.00. The van der Waals surface area contributed by atoms with Crippen LogP contribution >= 0.6 is 0 Å². The highest BCUT2D eigenvalue weighted by molar-refractivity contribution is 5.95. The van der Waals surface area contributed by atoms with E-state index in [9.17, 15) is 4.79 Å². The fourth-order valence-electron chi connectivity index (χ4n) is 2.43. The van der Waals surface area contributed by atoms with Gasteiger partial charge in [0.05, 0.1) is 11.7 Å². The Hall–Kier alpha value is -2.36. The molecule has 0 radical (unpaired) electrons. The van der Waals surface area contributed by atoms with Crippen LogP contribution in [-0.2, 0) is 6.42 Å². The summed E-state index contributed by atoms with van der Waals surface area (Å²) >= 11 is 0. The average molecular weight is 267 g/mol. The van der Waals surface area contributed by atoms with E-state index in [-0.39, 0.29) is 11.9 Å². The molecule has 2 N–H and O–H groups in total. The Morgan fingerprint density at radius 2 is 2.25 bits per heavy atom. The van der Waals surface area contributed by atoms with E-state index in [4.69, 9.17) is 0 Å². The number of anilines is 1. The summed E-state index contributed by atoms with van der Waals surface area (Å²) < 4.78 is 0. The summed E-state index contributed by atoms with van der Waals surface area (Å²) in [5, 5.41) is 6.27. The van der Waals surface area contributed by atoms with Gasteiger partial charge in [-0.05, 0) is 49.2 Å². The van der Waals surface area contributed by atoms with E-state index in [0.29, 0.717) is 5.56 Å². The van der Waals surface area contributed by atoms with Crippen molar-refractivity contribution in [2.45, 2.75) is 19.4 Å². The lowest BCUT2D eigenvalue weighted by molar-refractivity contribution is 0.0939. The van der Waals surface area contributed by atoms with Gasteiger partial charge < -0.3 is 10.6 Å². The van der Waals surface area contributed by atoms with Gasteiger partial charge in [-0.25, -0.2) is 0 Å². The Labute approximate surface area is 118 Å². The van der Waals surface area contributed by atoms with Crippen molar-refractivity contribution in [2.24, 2.45) is 0 Å². The maximum atomic E-state index is 12.3. The van der Waals surface area contributed by atoms with Crippen molar-refractivity contribution in [2.75, 3.05) is 11.9 Å². The number of carbonyl (C=O) groups excluding carboxylic acids is 1. The minimum Gasteiger partial charge on any atom is -0.384 e. The molecule has 4 heteroatoms. The lowest BCUT2D eigenvalue weighted by Gasteiger charge is -2.13. The van der Waals surface area contributed by atoms with Crippen LogP contribution in [0.3, 0.4) is 0 Å². The smallest absolute Gasteiger partial charge is 0.251 e. The number of aromatic nitrogens is 1. The number of carbonyl (C=O) groups is 1. The van der Waals surface area contributed by atoms with E-state index in [0.717, 1.165) is 24.3 Å². The standard InChI is InChI=1S/C16H17N3O/c1-11(14-4-2-3-8-17-14)19-16(20)13-5-6-15-12(10-13)7-9-18-15/h2-6,8,10-11,18H,7,9H2,1H3,(H,19,20). The lowest BCUT2D eigenvalue weighted by atomic mass is 10.1. The van der Waals surface area contributed by atoms with E-state index in [2.05, 4.69) is 15.6 Å². The number of nitrogens with zero attached hydrogens (tertiary/aromatic N) is 1. The highest BCUT2D eigenvalue weighted by atomic mass is 16.1. The van der Waals surface area contributed by atoms with Crippen molar-refractivity contribution in [3.8, 4) is 0 Å². The SMILES string of the molecule is CC(NC(=O)c1ccc2c(c1)CCN2)c1ccccn1. The van der Waals surface area contributed by atoms with Crippen LogP contribution < -0.4 is 10.6 Å². The molecule has 0 saturated heterocycles. The van der Waals surface area contributed by atoms with Gasteiger partial charge in [0, 0.05) is 24.0 Å². The minimum absolute atomic E-state index is 0.0575. The fourth-order valence-corrected chi connectivity index (χ4v) is 2.43. The molecule has 0 saturated carbocycles. The third-order valence-corrected chi connectivity index (χ3v) is 3.56. The lowest BCUT2D eigenvalue weighted by Crippen LogP contribution is -2.27. The Bertz CT molecular complexity index is 625. The average Bonchev–Trinajstić information content (AvgIpc) is 2.95. The van der Waals surface area contributed by atoms with Crippen LogP contribution in [0.4, 0.5) is 5.69 Å². The molecule has 0 fully saturated rings. The second-order valence-electron chi connectivity index (χ2n) is 5.00. The molecule has 102 valence electrons. The Morgan fingerprint density at radius 3 is 3.05 bits per heavy atom. The third-order valence-electron chi connectivity index (χ3n) is 3.56. The fraction of sp³-hybridized carbons (Fsp3) is 0.250. The number of hydrogen-bond donors (Lipinski definition) is 2. The molecule has 1 unspecified atom stereocenters. The van der Waals surface area contributed by atoms with Crippen molar-refractivity contribution in [3.63, 3.8) is 0 Å². The van der Waals surface area contributed by atoms with Crippen molar-refractivity contribution < 1.29 is 4.79 Å². The van der Waals surface area contributed by atoms with E-state index in [1.807, 2.05) is 43.3 Å². The molecule has 1 aromatic heterocycles. The zero-order valence-corrected chi connectivity index (χ0v) is 11.4. The van der Waals surface area contributed by atoms with Gasteiger partial charge in [0.2, 0.25) is 0 Å². The van der Waals surface area contributed by atoms with Gasteiger partial charge in [-0.15, -0.1) is 0 Å². The molecule has 1 amide bonds. The van der Waals surface area contributed by atoms with Crippen molar-refractivity contribution in [1.82, 2.24) is 10.3 Å². The van der Waals surface area contributed by atoms with Crippen molar-refractivity contribution >= 4 is 11.6 Å². The first-order valence-electron chi connectivity index (χ1n) is 6.82. The summed E-state index contributed by atoms with van der Waals surface area (Å²) in [4.78, 5) is 16.5. The van der Waals surface area contributed by atoms with Gasteiger partial charge in [-0.2, -0.15) is 0 Å². The molecule has 4 nitrogen and oxygen atoms in total. The first-order chi connectivity index (χ1) is 9.74. The van der Waals surface area contributed by atoms with Gasteiger partial charge in [0.15, 0.2) is 0 Å². The van der Waals surface area contributed by atoms with E-state index in [1.54, 1.807) is 6.20 Å². The quantitative estimate of drug-likeness (QED) is 0.898. The highest BCUT2D eigenvalue weighted by Crippen LogP contribution is 2.23. The summed E-state index contributed by atoms with van der Waals surface area (Å²) in [5.41, 5.74) is 3.92. The number of nitrogens with one attached hydrogen (secondary N) is 2. The molecule has 2 aromatic rings. The number of amides is 1. The number of pyridine rings is 1. The molecule has 1 aliphatic rings. The van der Waals surface area contributed by atoms with E-state index < -0.39 is 0 Å². The number of benzene rings is 1. The summed E-state index contributed by atoms with van der Waals surface area (Å²) in [7, 11) is 0. The molecule has 2 heterocycles. The number of rotatable bonds is 3. The summed E-state index contributed by atoms with van der Waals surface area (Å²) in [5.74, 6) is -0.0575. The van der Waals surface area contributed by atoms with Crippen LogP contribution in [0.5, 0.6) is 0 Å². The van der Waals surface area contributed by atoms with Gasteiger partial charge in [-0.3, -0.25) is 9.78 Å². The molecular formula is C16H17N3O. The van der Waals surface area contributed by atoms with E-state index in [1.165, 1.54) is 5.56 Å². The predicted molar refractivity (Wildman–Crippen MR) is 78.8 cm³/mol. The second kappa shape index (κ2) is 5.33. The zero-order valence-electron chi connectivity index (χ0n) is 11.4. The molecule has 1 aromatic carbocycles. The topological polar surface area (TPSA) is 54.0 Å². The summed E-state index contributed by atoms with van der Waals surface area (Å²) in [6.45, 7) is 2.89. The summed E-state index contributed by atoms with van der Waals surface area (Å²) in [6, 6.07) is 11.4. The highest BCUT2D eigenvalue weighted by Gasteiger charge is 2.15. The first-order valence-corrected chi connectivity index (χ1v) is 6.82. The molecule has 1 atom stereocenters. The maximum Gasteiger partial charge on any atom is 0.251 e. The normalized spacial score (nSPS) is 14.2. The van der Waals surface area contributed by atoms with Crippen molar-refractivity contribution in [1.29, 1.82) is 0 Å². The maximum absolute atomic E-state index is 12.3. The van der Waals surface area contributed by atoms with Gasteiger partial charge in [0.25, 0.3) is 5.91 Å². The van der Waals surface area contributed by atoms with Crippen LogP contribution in [0.2, 0.25) is 0 Å². The van der Waals surface area contributed by atoms with Gasteiger partial charge in [-0.1, -0.05) is 6.07 Å². The molecule has 3 rings (SSSR count). The Balaban J connectivity index is 1.73. The van der Waals surface area contributed by atoms with Crippen LogP contribution in [0.25, 0.3) is 0 Å². The van der Waals surface area contributed by atoms with E-state index >= 15 is 0 Å². The monoisotopic (exact) mass is 267 g/mol. The molecular weight excluding hydrogens is 250 g/mol. The number of hydrogen-bond acceptors (Lipinski definition) is 3. The predicted octanol–water partition coefficient (Wildman–Crippen LogP) is 2.54. The van der Waals surface area contributed by atoms with Crippen LogP contribution in [0.15, 0.2) is 42.6 Å². The largest absolute Gasteiger partial charge is 0.384 e. The van der Waals surface area contributed by atoms with Crippen LogP contribution in [0.1, 0.15) is 34.6 Å². The zero-order chi connectivity index (χ0) is 13.9. The number of fused-ring (bicyclic) bond motifs is 1. The van der Waals surface area contributed by atoms with Gasteiger partial charge >= 0.3 is 0 Å². The van der Waals surface area contributed by atoms with Crippen LogP contribution in [0, 0.1) is 0 Å². The Kier molecular flexibility index (Phi) is 3.37. The molecule has 0 spiro atoms. The van der Waals surface area contributed by atoms with Gasteiger partial charge in [0.1, 0.15) is 0 Å². The summed E-state index contributed by atoms with van der Waals surface area (Å²) in [6.07, 6.45) is 2.71. The molecule has 0 bridgehead atoms. The minimum atomic E-state index is -0.102.